The van der Waals surface area contributed by atoms with Crippen molar-refractivity contribution in [2.24, 2.45) is 5.92 Å². The summed E-state index contributed by atoms with van der Waals surface area (Å²) < 4.78 is 23.2. The normalized spacial score (nSPS) is 13.3. The number of fused-ring (bicyclic) bond motifs is 1. The zero-order valence-electron chi connectivity index (χ0n) is 25.3. The summed E-state index contributed by atoms with van der Waals surface area (Å²) in [6.07, 6.45) is 2.73. The summed E-state index contributed by atoms with van der Waals surface area (Å²) in [6, 6.07) is 6.32. The van der Waals surface area contributed by atoms with E-state index < -0.39 is 40.5 Å². The number of nitrogens with one attached hydrogen (secondary N) is 1. The number of aryl methyl sites for hydroxylation is 2. The lowest BCUT2D eigenvalue weighted by Gasteiger charge is -2.29. The van der Waals surface area contributed by atoms with Gasteiger partial charge in [-0.15, -0.1) is 4.80 Å². The largest absolute Gasteiger partial charge is 0.370 e. The number of benzene rings is 1. The van der Waals surface area contributed by atoms with Crippen LogP contribution in [0.25, 0.3) is 15.2 Å². The van der Waals surface area contributed by atoms with Crippen LogP contribution in [-0.4, -0.2) is 42.7 Å². The average Bonchev–Trinajstić information content (AvgIpc) is 3.60. The third kappa shape index (κ3) is 6.16. The van der Waals surface area contributed by atoms with Crippen molar-refractivity contribution in [2.45, 2.75) is 79.1 Å². The van der Waals surface area contributed by atoms with E-state index in [1.54, 1.807) is 33.8 Å². The van der Waals surface area contributed by atoms with Crippen molar-refractivity contribution in [2.75, 3.05) is 6.61 Å². The highest BCUT2D eigenvalue weighted by Crippen LogP contribution is 2.33. The first kappa shape index (κ1) is 31.8. The number of hydrogen-bond acceptors (Lipinski definition) is 8. The molecular formula is C30H36FN7O4S. The van der Waals surface area contributed by atoms with Crippen LogP contribution in [0.2, 0.25) is 0 Å². The number of carbonyl (C=O) groups excluding carboxylic acids is 1. The van der Waals surface area contributed by atoms with Crippen molar-refractivity contribution in [3.63, 3.8) is 0 Å². The first-order valence-corrected chi connectivity index (χ1v) is 14.9. The van der Waals surface area contributed by atoms with Crippen molar-refractivity contribution in [1.82, 2.24) is 29.4 Å². The van der Waals surface area contributed by atoms with E-state index in [2.05, 4.69) is 21.6 Å². The number of rotatable bonds is 11. The van der Waals surface area contributed by atoms with E-state index in [1.807, 2.05) is 6.92 Å². The van der Waals surface area contributed by atoms with E-state index in [-0.39, 0.29) is 24.6 Å². The first-order chi connectivity index (χ1) is 20.3. The second-order valence-electron chi connectivity index (χ2n) is 11.3. The van der Waals surface area contributed by atoms with Crippen molar-refractivity contribution in [3.8, 4) is 11.1 Å². The van der Waals surface area contributed by atoms with Crippen LogP contribution >= 0.6 is 11.3 Å². The molecule has 0 unspecified atom stereocenters. The molecular weight excluding hydrogens is 573 g/mol. The number of aromatic nitrogens is 5. The number of ether oxygens (including phenoxy) is 1. The fourth-order valence-corrected chi connectivity index (χ4v) is 6.15. The van der Waals surface area contributed by atoms with Crippen LogP contribution in [-0.2, 0) is 28.0 Å². The predicted molar refractivity (Wildman–Crippen MR) is 162 cm³/mol. The molecule has 0 aliphatic carbocycles. The van der Waals surface area contributed by atoms with E-state index in [0.29, 0.717) is 27.4 Å². The Hall–Kier alpha value is -4.15. The Balaban J connectivity index is 2.03. The number of amides is 1. The molecule has 0 fully saturated rings. The van der Waals surface area contributed by atoms with Gasteiger partial charge < -0.3 is 10.1 Å². The van der Waals surface area contributed by atoms with Crippen LogP contribution in [0.5, 0.6) is 0 Å². The molecule has 3 heterocycles. The molecule has 1 amide bonds. The zero-order chi connectivity index (χ0) is 31.6. The van der Waals surface area contributed by atoms with Crippen molar-refractivity contribution >= 4 is 27.5 Å². The molecule has 13 heteroatoms. The first-order valence-electron chi connectivity index (χ1n) is 14.1. The molecule has 43 heavy (non-hydrogen) atoms. The van der Waals surface area contributed by atoms with Gasteiger partial charge >= 0.3 is 5.69 Å². The lowest BCUT2D eigenvalue weighted by Crippen LogP contribution is -2.56. The lowest BCUT2D eigenvalue weighted by molar-refractivity contribution is -0.129. The molecule has 0 aliphatic rings. The summed E-state index contributed by atoms with van der Waals surface area (Å²) in [6.45, 7) is 11.9. The van der Waals surface area contributed by atoms with E-state index >= 15 is 0 Å². The molecule has 0 saturated heterocycles. The highest BCUT2D eigenvalue weighted by molar-refractivity contribution is 7.21. The Bertz CT molecular complexity index is 1800. The molecule has 4 aromatic rings. The van der Waals surface area contributed by atoms with Gasteiger partial charge in [0.2, 0.25) is 5.91 Å². The summed E-state index contributed by atoms with van der Waals surface area (Å²) >= 11 is 1.16. The van der Waals surface area contributed by atoms with Crippen molar-refractivity contribution in [3.05, 3.63) is 73.9 Å². The van der Waals surface area contributed by atoms with Gasteiger partial charge in [-0.1, -0.05) is 24.3 Å². The van der Waals surface area contributed by atoms with Crippen LogP contribution in [0.1, 0.15) is 64.3 Å². The van der Waals surface area contributed by atoms with Crippen LogP contribution in [0, 0.1) is 30.0 Å². The van der Waals surface area contributed by atoms with Gasteiger partial charge in [0.05, 0.1) is 42.9 Å². The zero-order valence-corrected chi connectivity index (χ0v) is 26.2. The maximum absolute atomic E-state index is 14.6. The van der Waals surface area contributed by atoms with Crippen LogP contribution in [0.15, 0.2) is 40.2 Å². The molecule has 4 rings (SSSR count). The maximum Gasteiger partial charge on any atom is 0.333 e. The Morgan fingerprint density at radius 2 is 1.88 bits per heavy atom. The van der Waals surface area contributed by atoms with Gasteiger partial charge in [-0.3, -0.25) is 14.2 Å². The van der Waals surface area contributed by atoms with Gasteiger partial charge in [-0.2, -0.15) is 15.5 Å². The highest BCUT2D eigenvalue weighted by Gasteiger charge is 2.36. The molecule has 0 saturated carbocycles. The second kappa shape index (κ2) is 12.6. The lowest BCUT2D eigenvalue weighted by atomic mass is 9.99. The van der Waals surface area contributed by atoms with Gasteiger partial charge in [0, 0.05) is 11.6 Å². The minimum atomic E-state index is -1.56. The molecule has 1 aromatic carbocycles. The fourth-order valence-electron chi connectivity index (χ4n) is 4.93. The van der Waals surface area contributed by atoms with Crippen molar-refractivity contribution in [1.29, 1.82) is 5.26 Å². The van der Waals surface area contributed by atoms with E-state index in [4.69, 9.17) is 4.74 Å². The summed E-state index contributed by atoms with van der Waals surface area (Å²) in [5.41, 5.74) is -1.02. The average molecular weight is 610 g/mol. The van der Waals surface area contributed by atoms with Crippen LogP contribution in [0.3, 0.4) is 0 Å². The smallest absolute Gasteiger partial charge is 0.333 e. The minimum Gasteiger partial charge on any atom is -0.370 e. The number of thiophene rings is 1. The monoisotopic (exact) mass is 609 g/mol. The van der Waals surface area contributed by atoms with Crippen LogP contribution < -0.4 is 16.6 Å². The highest BCUT2D eigenvalue weighted by atomic mass is 32.1. The molecule has 3 aromatic heterocycles. The molecule has 0 radical (unpaired) electrons. The molecule has 228 valence electrons. The summed E-state index contributed by atoms with van der Waals surface area (Å²) in [7, 11) is 0. The quantitative estimate of drug-likeness (QED) is 0.272. The molecule has 11 nitrogen and oxygen atoms in total. The molecule has 2 atom stereocenters. The number of halogens is 1. The Morgan fingerprint density at radius 1 is 1.21 bits per heavy atom. The SMILES string of the molecule is CCc1ccc(F)cc1[C@H](Cn1c(=O)n(C(C)(C)C(=O)NC(C)C)c(=O)c2c(C)c(-n3nccn3)sc21)OC[C@@H](C)C#N. The van der Waals surface area contributed by atoms with Gasteiger partial charge in [0.25, 0.3) is 5.56 Å². The third-order valence-corrected chi connectivity index (χ3v) is 8.55. The van der Waals surface area contributed by atoms with Crippen molar-refractivity contribution < 1.29 is 13.9 Å². The Morgan fingerprint density at radius 3 is 2.49 bits per heavy atom. The van der Waals surface area contributed by atoms with Gasteiger partial charge in [-0.05, 0) is 71.2 Å². The van der Waals surface area contributed by atoms with E-state index in [0.717, 1.165) is 21.5 Å². The topological polar surface area (TPSA) is 137 Å². The summed E-state index contributed by atoms with van der Waals surface area (Å²) in [4.78, 5) is 43.5. The van der Waals surface area contributed by atoms with Gasteiger partial charge in [0.1, 0.15) is 27.3 Å². The fraction of sp³-hybridized carbons (Fsp3) is 0.467. The van der Waals surface area contributed by atoms with Gasteiger partial charge in [-0.25, -0.2) is 13.8 Å². The summed E-state index contributed by atoms with van der Waals surface area (Å²) in [5, 5.41) is 21.4. The number of hydrogen-bond donors (Lipinski definition) is 1. The molecule has 0 bridgehead atoms. The molecule has 0 aliphatic heterocycles. The molecule has 0 spiro atoms. The molecule has 1 N–H and O–H groups in total. The third-order valence-electron chi connectivity index (χ3n) is 7.27. The number of nitrogens with zero attached hydrogens (tertiary/aromatic N) is 6. The Kier molecular flexibility index (Phi) is 9.32. The predicted octanol–water partition coefficient (Wildman–Crippen LogP) is 3.99. The van der Waals surface area contributed by atoms with Gasteiger partial charge in [0.15, 0.2) is 0 Å². The van der Waals surface area contributed by atoms with E-state index in [9.17, 15) is 24.0 Å². The second-order valence-corrected chi connectivity index (χ2v) is 12.3. The van der Waals surface area contributed by atoms with E-state index in [1.165, 1.54) is 47.7 Å². The standard InChI is InChI=1S/C30H36FN7O4S/c1-8-20-9-10-21(31)13-22(20)23(42-16-18(4)14-32)15-36-27-24(19(5)26(43-27)38-33-11-12-34-38)25(39)37(29(36)41)30(6,7)28(40)35-17(2)3/h9-13,17-18,23H,8,15-16H2,1-7H3,(H,35,40)/t18-,23-/m0/s1. The maximum atomic E-state index is 14.6. The summed E-state index contributed by atoms with van der Waals surface area (Å²) in [5.74, 6) is -1.43. The Labute approximate surface area is 252 Å². The number of nitriles is 1. The van der Waals surface area contributed by atoms with Crippen LogP contribution in [0.4, 0.5) is 4.39 Å². The number of carbonyl (C=O) groups is 1. The minimum absolute atomic E-state index is 0.0343.